The van der Waals surface area contributed by atoms with Gasteiger partial charge in [-0.2, -0.15) is 0 Å². The van der Waals surface area contributed by atoms with Gasteiger partial charge in [0.1, 0.15) is 0 Å². The first kappa shape index (κ1) is 24.7. The predicted octanol–water partition coefficient (Wildman–Crippen LogP) is 7.85. The van der Waals surface area contributed by atoms with Crippen molar-refractivity contribution >= 4 is 0 Å². The van der Waals surface area contributed by atoms with E-state index in [0.717, 1.165) is 32.1 Å². The Bertz CT molecular complexity index is 522. The standard InChI is InChI=1S/C25H42O/c1-21(2)11-7-12-22(3)13-8-14-23(4)15-9-16-24(5)17-10-18-25(6)19-20-26/h11,13,15,17,19,26H,7-10,12,14,16,18,20H2,1-6H3/b22-13?,23-15?,24-17?,25-19+. The SMILES string of the molecule is CC(C)=CCCC(C)=CCCC(C)=CCCC(C)=CCC/C(C)=C/CO. The highest BCUT2D eigenvalue weighted by Crippen LogP contribution is 2.14. The fraction of sp³-hybridized carbons (Fsp3) is 0.600. The van der Waals surface area contributed by atoms with E-state index in [1.54, 1.807) is 0 Å². The van der Waals surface area contributed by atoms with E-state index in [1.807, 2.05) is 6.08 Å². The molecule has 0 aliphatic heterocycles. The lowest BCUT2D eigenvalue weighted by Gasteiger charge is -2.03. The summed E-state index contributed by atoms with van der Waals surface area (Å²) in [5.74, 6) is 0. The molecule has 0 aliphatic rings. The molecule has 148 valence electrons. The van der Waals surface area contributed by atoms with Crippen molar-refractivity contribution in [2.24, 2.45) is 0 Å². The predicted molar refractivity (Wildman–Crippen MR) is 118 cm³/mol. The van der Waals surface area contributed by atoms with E-state index in [9.17, 15) is 0 Å². The quantitative estimate of drug-likeness (QED) is 0.332. The molecule has 0 bridgehead atoms. The molecule has 0 atom stereocenters. The molecule has 0 radical (unpaired) electrons. The molecule has 26 heavy (non-hydrogen) atoms. The fourth-order valence-corrected chi connectivity index (χ4v) is 2.79. The zero-order valence-corrected chi connectivity index (χ0v) is 18.2. The molecule has 0 unspecified atom stereocenters. The van der Waals surface area contributed by atoms with Gasteiger partial charge in [-0.25, -0.2) is 0 Å². The van der Waals surface area contributed by atoms with Crippen molar-refractivity contribution in [3.05, 3.63) is 58.2 Å². The van der Waals surface area contributed by atoms with Crippen LogP contribution in [0.4, 0.5) is 0 Å². The maximum Gasteiger partial charge on any atom is 0.0614 e. The highest BCUT2D eigenvalue weighted by Gasteiger charge is 1.94. The third-order valence-electron chi connectivity index (χ3n) is 4.63. The Hall–Kier alpha value is -1.34. The topological polar surface area (TPSA) is 20.2 Å². The summed E-state index contributed by atoms with van der Waals surface area (Å²) in [7, 11) is 0. The van der Waals surface area contributed by atoms with Gasteiger partial charge in [-0.3, -0.25) is 0 Å². The Kier molecular flexibility index (Phi) is 15.1. The first-order chi connectivity index (χ1) is 12.3. The van der Waals surface area contributed by atoms with Crippen molar-refractivity contribution < 1.29 is 5.11 Å². The molecular weight excluding hydrogens is 316 g/mol. The minimum Gasteiger partial charge on any atom is -0.392 e. The summed E-state index contributed by atoms with van der Waals surface area (Å²) < 4.78 is 0. The van der Waals surface area contributed by atoms with Crippen LogP contribution in [0.1, 0.15) is 92.9 Å². The minimum absolute atomic E-state index is 0.156. The monoisotopic (exact) mass is 358 g/mol. The van der Waals surface area contributed by atoms with E-state index in [2.05, 4.69) is 65.8 Å². The van der Waals surface area contributed by atoms with Gasteiger partial charge >= 0.3 is 0 Å². The second kappa shape index (κ2) is 15.9. The molecule has 0 saturated heterocycles. The van der Waals surface area contributed by atoms with Crippen molar-refractivity contribution in [2.75, 3.05) is 6.61 Å². The van der Waals surface area contributed by atoms with Crippen LogP contribution in [-0.2, 0) is 0 Å². The molecule has 0 aromatic rings. The number of hydrogen-bond acceptors (Lipinski definition) is 1. The lowest BCUT2D eigenvalue weighted by atomic mass is 10.0. The van der Waals surface area contributed by atoms with Gasteiger partial charge in [0.05, 0.1) is 6.61 Å². The van der Waals surface area contributed by atoms with Crippen LogP contribution < -0.4 is 0 Å². The Morgan fingerprint density at radius 3 is 1.12 bits per heavy atom. The highest BCUT2D eigenvalue weighted by molar-refractivity contribution is 5.08. The Labute approximate surface area is 163 Å². The van der Waals surface area contributed by atoms with E-state index in [0.29, 0.717) is 0 Å². The number of allylic oxidation sites excluding steroid dienone is 9. The molecule has 0 amide bonds. The van der Waals surface area contributed by atoms with E-state index in [-0.39, 0.29) is 6.61 Å². The third kappa shape index (κ3) is 16.1. The largest absolute Gasteiger partial charge is 0.392 e. The van der Waals surface area contributed by atoms with Crippen molar-refractivity contribution in [1.29, 1.82) is 0 Å². The highest BCUT2D eigenvalue weighted by atomic mass is 16.2. The number of hydrogen-bond donors (Lipinski definition) is 1. The average Bonchev–Trinajstić information content (AvgIpc) is 2.54. The van der Waals surface area contributed by atoms with Gasteiger partial charge in [-0.05, 0) is 92.9 Å². The van der Waals surface area contributed by atoms with Gasteiger partial charge in [0.2, 0.25) is 0 Å². The summed E-state index contributed by atoms with van der Waals surface area (Å²) in [6, 6.07) is 0. The molecule has 0 aliphatic carbocycles. The van der Waals surface area contributed by atoms with Crippen LogP contribution in [-0.4, -0.2) is 11.7 Å². The van der Waals surface area contributed by atoms with Crippen LogP contribution in [0.15, 0.2) is 58.2 Å². The van der Waals surface area contributed by atoms with Crippen LogP contribution in [0, 0.1) is 0 Å². The first-order valence-corrected chi connectivity index (χ1v) is 10.2. The Balaban J connectivity index is 4.03. The van der Waals surface area contributed by atoms with E-state index in [4.69, 9.17) is 5.11 Å². The maximum absolute atomic E-state index is 8.86. The molecule has 1 heteroatoms. The van der Waals surface area contributed by atoms with E-state index in [1.165, 1.54) is 47.1 Å². The summed E-state index contributed by atoms with van der Waals surface area (Å²) in [5.41, 5.74) is 7.18. The average molecular weight is 359 g/mol. The summed E-state index contributed by atoms with van der Waals surface area (Å²) in [5, 5.41) is 8.86. The number of aliphatic hydroxyl groups excluding tert-OH is 1. The van der Waals surface area contributed by atoms with E-state index < -0.39 is 0 Å². The minimum atomic E-state index is 0.156. The molecular formula is C25H42O. The zero-order chi connectivity index (χ0) is 19.8. The van der Waals surface area contributed by atoms with Crippen molar-refractivity contribution in [3.8, 4) is 0 Å². The van der Waals surface area contributed by atoms with Crippen molar-refractivity contribution in [3.63, 3.8) is 0 Å². The first-order valence-electron chi connectivity index (χ1n) is 10.2. The molecule has 0 aromatic carbocycles. The van der Waals surface area contributed by atoms with Gasteiger partial charge in [0.15, 0.2) is 0 Å². The van der Waals surface area contributed by atoms with Crippen LogP contribution in [0.25, 0.3) is 0 Å². The second-order valence-electron chi connectivity index (χ2n) is 7.82. The van der Waals surface area contributed by atoms with Gasteiger partial charge in [-0.1, -0.05) is 58.2 Å². The van der Waals surface area contributed by atoms with Gasteiger partial charge in [0, 0.05) is 0 Å². The molecule has 0 rings (SSSR count). The van der Waals surface area contributed by atoms with Crippen molar-refractivity contribution in [1.82, 2.24) is 0 Å². The molecule has 0 heterocycles. The molecule has 0 saturated carbocycles. The van der Waals surface area contributed by atoms with Crippen LogP contribution in [0.3, 0.4) is 0 Å². The summed E-state index contributed by atoms with van der Waals surface area (Å²) in [6.07, 6.45) is 20.5. The summed E-state index contributed by atoms with van der Waals surface area (Å²) >= 11 is 0. The summed E-state index contributed by atoms with van der Waals surface area (Å²) in [6.45, 7) is 13.3. The maximum atomic E-state index is 8.86. The number of aliphatic hydroxyl groups is 1. The third-order valence-corrected chi connectivity index (χ3v) is 4.63. The second-order valence-corrected chi connectivity index (χ2v) is 7.82. The van der Waals surface area contributed by atoms with Gasteiger partial charge in [-0.15, -0.1) is 0 Å². The zero-order valence-electron chi connectivity index (χ0n) is 18.2. The van der Waals surface area contributed by atoms with Gasteiger partial charge < -0.3 is 5.11 Å². The number of rotatable bonds is 13. The molecule has 0 spiro atoms. The molecule has 0 fully saturated rings. The Morgan fingerprint density at radius 1 is 0.500 bits per heavy atom. The van der Waals surface area contributed by atoms with Crippen LogP contribution >= 0.6 is 0 Å². The van der Waals surface area contributed by atoms with Crippen LogP contribution in [0.2, 0.25) is 0 Å². The lowest BCUT2D eigenvalue weighted by Crippen LogP contribution is -1.83. The fourth-order valence-electron chi connectivity index (χ4n) is 2.79. The summed E-state index contributed by atoms with van der Waals surface area (Å²) in [4.78, 5) is 0. The molecule has 1 N–H and O–H groups in total. The smallest absolute Gasteiger partial charge is 0.0614 e. The molecule has 0 aromatic heterocycles. The Morgan fingerprint density at radius 2 is 0.808 bits per heavy atom. The van der Waals surface area contributed by atoms with Crippen LogP contribution in [0.5, 0.6) is 0 Å². The van der Waals surface area contributed by atoms with E-state index >= 15 is 0 Å². The lowest BCUT2D eigenvalue weighted by molar-refractivity contribution is 0.341. The normalized spacial score (nSPS) is 14.0. The van der Waals surface area contributed by atoms with Gasteiger partial charge in [0.25, 0.3) is 0 Å². The molecule has 1 nitrogen and oxygen atoms in total. The van der Waals surface area contributed by atoms with Crippen molar-refractivity contribution in [2.45, 2.75) is 92.9 Å².